The quantitative estimate of drug-likeness (QED) is 0.179. The topological polar surface area (TPSA) is 0 Å². The average molecular weight is 575 g/mol. The van der Waals surface area contributed by atoms with Gasteiger partial charge in [0, 0.05) is 5.92 Å². The van der Waals surface area contributed by atoms with E-state index in [1.165, 1.54) is 76.8 Å². The number of fused-ring (bicyclic) bond motifs is 3. The maximum absolute atomic E-state index is 2.41. The molecule has 0 heteroatoms. The van der Waals surface area contributed by atoms with Crippen molar-refractivity contribution < 1.29 is 0 Å². The van der Waals surface area contributed by atoms with Gasteiger partial charge in [-0.15, -0.1) is 0 Å². The van der Waals surface area contributed by atoms with E-state index in [-0.39, 0.29) is 0 Å². The molecule has 0 bridgehead atoms. The molecule has 0 fully saturated rings. The van der Waals surface area contributed by atoms with Crippen LogP contribution in [0.3, 0.4) is 0 Å². The Labute approximate surface area is 265 Å². The van der Waals surface area contributed by atoms with Crippen LogP contribution in [0.1, 0.15) is 24.5 Å². The van der Waals surface area contributed by atoms with Gasteiger partial charge in [0.1, 0.15) is 0 Å². The Morgan fingerprint density at radius 3 is 1.73 bits per heavy atom. The van der Waals surface area contributed by atoms with Crippen molar-refractivity contribution in [3.8, 4) is 22.3 Å². The summed E-state index contributed by atoms with van der Waals surface area (Å²) in [7, 11) is 0. The van der Waals surface area contributed by atoms with Crippen LogP contribution < -0.4 is 0 Å². The third-order valence-corrected chi connectivity index (χ3v) is 9.36. The highest BCUT2D eigenvalue weighted by atomic mass is 14.2. The molecule has 0 saturated carbocycles. The molecule has 0 nitrogen and oxygen atoms in total. The van der Waals surface area contributed by atoms with Gasteiger partial charge in [0.15, 0.2) is 0 Å². The second-order valence-corrected chi connectivity index (χ2v) is 11.9. The van der Waals surface area contributed by atoms with Gasteiger partial charge in [0.2, 0.25) is 0 Å². The number of benzene rings is 7. The Balaban J connectivity index is 1.41. The summed E-state index contributed by atoms with van der Waals surface area (Å²) in [6.45, 7) is 2.28. The first-order chi connectivity index (χ1) is 22.3. The maximum Gasteiger partial charge on any atom is 0.00305 e. The van der Waals surface area contributed by atoms with Crippen molar-refractivity contribution in [1.82, 2.24) is 0 Å². The van der Waals surface area contributed by atoms with Crippen LogP contribution in [0, 0.1) is 5.92 Å². The summed E-state index contributed by atoms with van der Waals surface area (Å²) in [4.78, 5) is 0. The number of rotatable bonds is 5. The Morgan fingerprint density at radius 1 is 0.467 bits per heavy atom. The van der Waals surface area contributed by atoms with Crippen molar-refractivity contribution in [2.24, 2.45) is 5.92 Å². The zero-order valence-electron chi connectivity index (χ0n) is 25.5. The van der Waals surface area contributed by atoms with Crippen molar-refractivity contribution in [3.63, 3.8) is 0 Å². The van der Waals surface area contributed by atoms with Crippen molar-refractivity contribution in [1.29, 1.82) is 0 Å². The highest BCUT2D eigenvalue weighted by molar-refractivity contribution is 6.23. The van der Waals surface area contributed by atoms with Gasteiger partial charge in [-0.3, -0.25) is 0 Å². The van der Waals surface area contributed by atoms with Gasteiger partial charge >= 0.3 is 0 Å². The summed E-state index contributed by atoms with van der Waals surface area (Å²) in [6.07, 6.45) is 10.1. The molecule has 0 aliphatic heterocycles. The largest absolute Gasteiger partial charge is 0.0770 e. The molecule has 1 aliphatic carbocycles. The Kier molecular flexibility index (Phi) is 6.97. The van der Waals surface area contributed by atoms with Crippen molar-refractivity contribution in [2.75, 3.05) is 0 Å². The summed E-state index contributed by atoms with van der Waals surface area (Å²) in [5, 5.41) is 7.66. The second kappa shape index (κ2) is 11.6. The van der Waals surface area contributed by atoms with Crippen molar-refractivity contribution in [3.05, 3.63) is 181 Å². The van der Waals surface area contributed by atoms with Crippen LogP contribution >= 0.6 is 0 Å². The number of hydrogen-bond donors (Lipinski definition) is 0. The van der Waals surface area contributed by atoms with Crippen LogP contribution in [0.15, 0.2) is 170 Å². The first-order valence-corrected chi connectivity index (χ1v) is 16.0. The van der Waals surface area contributed by atoms with Crippen LogP contribution in [0.4, 0.5) is 0 Å². The SMILES string of the molecule is CCC1C=CC=CC(c2cccc(-c3c4ccccc4c(-c4cccc5ccccc45)c4ccccc34)c2)=C1c1ccccc1. The first-order valence-electron chi connectivity index (χ1n) is 16.0. The Bertz CT molecular complexity index is 2230. The Morgan fingerprint density at radius 2 is 1.02 bits per heavy atom. The van der Waals surface area contributed by atoms with E-state index in [1.54, 1.807) is 0 Å². The van der Waals surface area contributed by atoms with Gasteiger partial charge in [0.05, 0.1) is 0 Å². The van der Waals surface area contributed by atoms with E-state index < -0.39 is 0 Å². The summed E-state index contributed by atoms with van der Waals surface area (Å²) in [5.74, 6) is 0.350. The minimum absolute atomic E-state index is 0.350. The smallest absolute Gasteiger partial charge is 0.00305 e. The van der Waals surface area contributed by atoms with E-state index in [4.69, 9.17) is 0 Å². The Hall–Kier alpha value is -5.46. The monoisotopic (exact) mass is 574 g/mol. The van der Waals surface area contributed by atoms with E-state index in [2.05, 4.69) is 177 Å². The lowest BCUT2D eigenvalue weighted by Crippen LogP contribution is -2.02. The molecule has 0 heterocycles. The zero-order valence-corrected chi connectivity index (χ0v) is 25.5. The average Bonchev–Trinajstić information content (AvgIpc) is 3.33. The molecule has 0 spiro atoms. The molecule has 0 N–H and O–H groups in total. The van der Waals surface area contributed by atoms with E-state index in [9.17, 15) is 0 Å². The molecule has 1 atom stereocenters. The molecule has 0 aromatic heterocycles. The standard InChI is InChI=1S/C45H34/c1-2-31-16-6-9-24-37(43(31)33-18-4-3-5-19-33)34-21-14-22-35(30-34)44-39-25-10-12-27-41(39)45(42-28-13-11-26-40(42)44)38-29-15-20-32-17-7-8-23-36(32)38/h3-31H,2H2,1H3. The molecule has 45 heavy (non-hydrogen) atoms. The van der Waals surface area contributed by atoms with E-state index in [0.29, 0.717) is 5.92 Å². The van der Waals surface area contributed by atoms with E-state index in [0.717, 1.165) is 6.42 Å². The fraction of sp³-hybridized carbons (Fsp3) is 0.0667. The minimum Gasteiger partial charge on any atom is -0.0770 e. The fourth-order valence-corrected chi connectivity index (χ4v) is 7.33. The molecule has 0 radical (unpaired) electrons. The highest BCUT2D eigenvalue weighted by Crippen LogP contribution is 2.46. The van der Waals surface area contributed by atoms with E-state index >= 15 is 0 Å². The second-order valence-electron chi connectivity index (χ2n) is 11.9. The lowest BCUT2D eigenvalue weighted by atomic mass is 9.82. The van der Waals surface area contributed by atoms with Crippen LogP contribution in [0.5, 0.6) is 0 Å². The summed E-state index contributed by atoms with van der Waals surface area (Å²) in [5.41, 5.74) is 10.3. The predicted molar refractivity (Wildman–Crippen MR) is 195 cm³/mol. The van der Waals surface area contributed by atoms with Gasteiger partial charge in [-0.05, 0) is 89.3 Å². The molecule has 0 saturated heterocycles. The maximum atomic E-state index is 2.41. The molecule has 7 aromatic rings. The predicted octanol–water partition coefficient (Wildman–Crippen LogP) is 12.5. The number of hydrogen-bond acceptors (Lipinski definition) is 0. The fourth-order valence-electron chi connectivity index (χ4n) is 7.33. The van der Waals surface area contributed by atoms with Crippen molar-refractivity contribution >= 4 is 43.5 Å². The summed E-state index contributed by atoms with van der Waals surface area (Å²) in [6, 6.07) is 53.4. The van der Waals surface area contributed by atoms with Crippen molar-refractivity contribution in [2.45, 2.75) is 13.3 Å². The lowest BCUT2D eigenvalue weighted by Gasteiger charge is -2.21. The normalized spacial score (nSPS) is 14.8. The van der Waals surface area contributed by atoms with Crippen LogP contribution in [-0.2, 0) is 0 Å². The molecule has 0 amide bonds. The third-order valence-electron chi connectivity index (χ3n) is 9.36. The lowest BCUT2D eigenvalue weighted by molar-refractivity contribution is 0.795. The molecule has 8 rings (SSSR count). The highest BCUT2D eigenvalue weighted by Gasteiger charge is 2.21. The zero-order chi connectivity index (χ0) is 30.2. The first kappa shape index (κ1) is 27.1. The van der Waals surface area contributed by atoms with Crippen LogP contribution in [-0.4, -0.2) is 0 Å². The summed E-state index contributed by atoms with van der Waals surface area (Å²) >= 11 is 0. The summed E-state index contributed by atoms with van der Waals surface area (Å²) < 4.78 is 0. The molecular weight excluding hydrogens is 540 g/mol. The van der Waals surface area contributed by atoms with Gasteiger partial charge < -0.3 is 0 Å². The van der Waals surface area contributed by atoms with Gasteiger partial charge in [-0.25, -0.2) is 0 Å². The van der Waals surface area contributed by atoms with Crippen LogP contribution in [0.2, 0.25) is 0 Å². The molecule has 1 unspecified atom stereocenters. The molecular formula is C45H34. The van der Waals surface area contributed by atoms with Gasteiger partial charge in [-0.2, -0.15) is 0 Å². The minimum atomic E-state index is 0.350. The molecule has 7 aromatic carbocycles. The van der Waals surface area contributed by atoms with E-state index in [1.807, 2.05) is 0 Å². The van der Waals surface area contributed by atoms with Gasteiger partial charge in [-0.1, -0.05) is 171 Å². The van der Waals surface area contributed by atoms with Gasteiger partial charge in [0.25, 0.3) is 0 Å². The molecule has 1 aliphatic rings. The number of allylic oxidation sites excluding steroid dienone is 6. The van der Waals surface area contributed by atoms with Crippen LogP contribution in [0.25, 0.3) is 65.7 Å². The molecule has 214 valence electrons. The third kappa shape index (κ3) is 4.71.